The molecule has 0 aliphatic rings. The number of nitrogens with zero attached hydrogens (tertiary/aromatic N) is 19. The summed E-state index contributed by atoms with van der Waals surface area (Å²) in [6.07, 6.45) is 0. The standard InChI is InChI=1S/C35H20FN5.C29H16FN5.C24H13FN4.C23H12FN5/c1-38-31-21-29(20-30(22-37)32(31)36)35-40-33(27-16-8-14-25(18-27)23-10-4-2-5-11-23)39-34(41-35)28-17-9-15-26(19-28)24-12-6-3-7-13-24;1-32-25-17-23(16-24(18-31)26(25)30)29-34-27(20-11-6-3-7-12-20)33-28(35-29)22-14-8-13-21(15-22)19-9-4-2-5-10-19;1-27-22-13-18(12-19(15-26)23(22)25)24-28-20(16-8-4-2-5-9-16)14-21(29-24)17-10-6-3-7-11-17;1-26-19-13-17(12-18(14-25)20(19)24)23-28-21(15-8-4-2-5-9-15)27-22(29-23)16-10-6-3-7-11-16/h2-21H;2-17H;2-14H;2-13H. The maximum Gasteiger partial charge on any atom is 0.224 e. The highest BCUT2D eigenvalue weighted by Gasteiger charge is 2.24. The van der Waals surface area contributed by atoms with Gasteiger partial charge in [-0.15, -0.1) is 0 Å². The lowest BCUT2D eigenvalue weighted by Crippen LogP contribution is -2.01. The van der Waals surface area contributed by atoms with Crippen LogP contribution in [0.15, 0.2) is 370 Å². The molecule has 19 rings (SSSR count). The molecule has 628 valence electrons. The first-order chi connectivity index (χ1) is 65.7. The minimum Gasteiger partial charge on any atom is -0.235 e. The minimum absolute atomic E-state index is 0.205. The summed E-state index contributed by atoms with van der Waals surface area (Å²) in [5, 5.41) is 37.3. The molecule has 0 amide bonds. The molecule has 0 radical (unpaired) electrons. The monoisotopic (exact) mass is 1740 g/mol. The molecule has 4 aromatic heterocycles. The summed E-state index contributed by atoms with van der Waals surface area (Å²) in [6.45, 7) is 29.1. The average Bonchev–Trinajstić information content (AvgIpc) is 0.791. The third kappa shape index (κ3) is 20.1. The van der Waals surface area contributed by atoms with Gasteiger partial charge in [-0.2, -0.15) is 21.0 Å². The van der Waals surface area contributed by atoms with E-state index < -0.39 is 23.3 Å². The van der Waals surface area contributed by atoms with Crippen LogP contribution in [-0.2, 0) is 0 Å². The van der Waals surface area contributed by atoms with Gasteiger partial charge >= 0.3 is 0 Å². The van der Waals surface area contributed by atoms with E-state index in [1.54, 1.807) is 12.1 Å². The Kier molecular flexibility index (Phi) is 26.8. The fourth-order valence-corrected chi connectivity index (χ4v) is 14.2. The Labute approximate surface area is 766 Å². The molecule has 15 aromatic carbocycles. The Morgan fingerprint density at radius 3 is 0.552 bits per heavy atom. The maximum absolute atomic E-state index is 14.6. The molecular formula is C111H61F4N19. The van der Waals surface area contributed by atoms with Crippen molar-refractivity contribution in [2.24, 2.45) is 0 Å². The molecule has 19 nitrogen and oxygen atoms in total. The molecule has 23 heteroatoms. The first-order valence-corrected chi connectivity index (χ1v) is 41.1. The van der Waals surface area contributed by atoms with Gasteiger partial charge in [-0.3, -0.25) is 0 Å². The fraction of sp³-hybridized carbons (Fsp3) is 0. The van der Waals surface area contributed by atoms with Crippen LogP contribution in [0, 0.1) is 94.9 Å². The van der Waals surface area contributed by atoms with Gasteiger partial charge in [0.25, 0.3) is 0 Å². The van der Waals surface area contributed by atoms with E-state index in [-0.39, 0.29) is 62.5 Å². The van der Waals surface area contributed by atoms with Crippen molar-refractivity contribution in [1.29, 1.82) is 21.0 Å². The Morgan fingerprint density at radius 2 is 0.343 bits per heavy atom. The van der Waals surface area contributed by atoms with Crippen molar-refractivity contribution in [2.45, 2.75) is 0 Å². The van der Waals surface area contributed by atoms with Crippen LogP contribution in [0.4, 0.5) is 40.3 Å². The van der Waals surface area contributed by atoms with Gasteiger partial charge in [-0.05, 0) is 106 Å². The number of rotatable bonds is 15. The number of nitriles is 4. The summed E-state index contributed by atoms with van der Waals surface area (Å²) in [5.41, 5.74) is 13.7. The molecule has 0 bridgehead atoms. The van der Waals surface area contributed by atoms with Crippen molar-refractivity contribution < 1.29 is 17.6 Å². The highest BCUT2D eigenvalue weighted by Crippen LogP contribution is 2.39. The van der Waals surface area contributed by atoms with Crippen LogP contribution in [0.1, 0.15) is 22.3 Å². The summed E-state index contributed by atoms with van der Waals surface area (Å²) < 4.78 is 57.3. The molecule has 0 saturated carbocycles. The van der Waals surface area contributed by atoms with E-state index in [4.69, 9.17) is 46.2 Å². The third-order valence-corrected chi connectivity index (χ3v) is 20.8. The molecule has 19 aromatic rings. The lowest BCUT2D eigenvalue weighted by atomic mass is 10.0. The first kappa shape index (κ1) is 87.5. The highest BCUT2D eigenvalue weighted by molar-refractivity contribution is 5.81. The molecule has 0 atom stereocenters. The average molecular weight is 1740 g/mol. The van der Waals surface area contributed by atoms with Gasteiger partial charge in [0.2, 0.25) is 22.7 Å². The van der Waals surface area contributed by atoms with Gasteiger partial charge < -0.3 is 0 Å². The van der Waals surface area contributed by atoms with Gasteiger partial charge in [-0.25, -0.2) is 91.8 Å². The molecule has 134 heavy (non-hydrogen) atoms. The van der Waals surface area contributed by atoms with Crippen LogP contribution in [0.2, 0.25) is 0 Å². The van der Waals surface area contributed by atoms with E-state index in [0.29, 0.717) is 74.4 Å². The molecule has 0 aliphatic carbocycles. The SMILES string of the molecule is [C-]#[N+]c1cc(-c2nc(-c3cccc(-c4ccccc4)c3)nc(-c3cccc(-c4ccccc4)c3)n2)cc(C#N)c1F.[C-]#[N+]c1cc(-c2nc(-c3ccccc3)cc(-c3ccccc3)n2)cc(C#N)c1F.[C-]#[N+]c1cc(-c2nc(-c3ccccc3)nc(-c3cccc(-c4ccccc4)c3)n2)cc(C#N)c1F.[C-]#[N+]c1cc(-c2nc(-c3ccccc3)nc(-c3ccccc3)n2)cc(C#N)c1F. The Morgan fingerprint density at radius 1 is 0.172 bits per heavy atom. The first-order valence-electron chi connectivity index (χ1n) is 41.1. The normalized spacial score (nSPS) is 10.3. The molecule has 0 fully saturated rings. The molecule has 0 saturated heterocycles. The second-order valence-corrected chi connectivity index (χ2v) is 29.4. The third-order valence-electron chi connectivity index (χ3n) is 20.8. The zero-order valence-electron chi connectivity index (χ0n) is 70.2. The van der Waals surface area contributed by atoms with Crippen LogP contribution < -0.4 is 0 Å². The second-order valence-electron chi connectivity index (χ2n) is 29.4. The van der Waals surface area contributed by atoms with Crippen LogP contribution in [0.5, 0.6) is 0 Å². The van der Waals surface area contributed by atoms with Gasteiger partial charge in [0, 0.05) is 66.8 Å². The predicted molar refractivity (Wildman–Crippen MR) is 507 cm³/mol. The largest absolute Gasteiger partial charge is 0.235 e. The maximum atomic E-state index is 14.6. The van der Waals surface area contributed by atoms with Crippen molar-refractivity contribution in [3.8, 4) is 194 Å². The van der Waals surface area contributed by atoms with Crippen LogP contribution in [0.25, 0.3) is 189 Å². The summed E-state index contributed by atoms with van der Waals surface area (Å²) in [7, 11) is 0. The summed E-state index contributed by atoms with van der Waals surface area (Å²) >= 11 is 0. The molecule has 0 aliphatic heterocycles. The number of benzene rings is 15. The molecule has 0 unspecified atom stereocenters. The minimum atomic E-state index is -0.855. The van der Waals surface area contributed by atoms with E-state index >= 15 is 0 Å². The quantitative estimate of drug-likeness (QED) is 0.0683. The van der Waals surface area contributed by atoms with Gasteiger partial charge in [0.15, 0.2) is 58.2 Å². The van der Waals surface area contributed by atoms with E-state index in [1.165, 1.54) is 48.5 Å². The summed E-state index contributed by atoms with van der Waals surface area (Å²) in [4.78, 5) is 64.1. The highest BCUT2D eigenvalue weighted by atomic mass is 19.1. The van der Waals surface area contributed by atoms with Gasteiger partial charge in [0.05, 0.1) is 59.9 Å². The molecule has 0 spiro atoms. The Balaban J connectivity index is 0.000000131. The fourth-order valence-electron chi connectivity index (χ4n) is 14.2. The van der Waals surface area contributed by atoms with Crippen LogP contribution in [-0.4, -0.2) is 54.8 Å². The Hall–Kier alpha value is -19.9. The van der Waals surface area contributed by atoms with E-state index in [9.17, 15) is 38.6 Å². The lowest BCUT2D eigenvalue weighted by Gasteiger charge is -2.11. The van der Waals surface area contributed by atoms with E-state index in [0.717, 1.165) is 77.9 Å². The van der Waals surface area contributed by atoms with Crippen molar-refractivity contribution in [1.82, 2.24) is 54.8 Å². The predicted octanol–water partition coefficient (Wildman–Crippen LogP) is 27.3. The summed E-state index contributed by atoms with van der Waals surface area (Å²) in [6, 6.07) is 121. The van der Waals surface area contributed by atoms with E-state index in [2.05, 4.69) is 54.3 Å². The van der Waals surface area contributed by atoms with Crippen molar-refractivity contribution in [3.05, 3.63) is 461 Å². The van der Waals surface area contributed by atoms with Crippen LogP contribution >= 0.6 is 0 Å². The number of halogens is 4. The zero-order chi connectivity index (χ0) is 92.8. The molecular weight excluding hydrogens is 1680 g/mol. The van der Waals surface area contributed by atoms with Crippen molar-refractivity contribution >= 4 is 22.7 Å². The Bertz CT molecular complexity index is 7450. The summed E-state index contributed by atoms with van der Waals surface area (Å²) in [5.74, 6) is 0.296. The molecule has 4 heterocycles. The number of hydrogen-bond donors (Lipinski definition) is 0. The van der Waals surface area contributed by atoms with Crippen molar-refractivity contribution in [3.63, 3.8) is 0 Å². The van der Waals surface area contributed by atoms with Gasteiger partial charge in [-0.1, -0.05) is 297 Å². The molecule has 0 N–H and O–H groups in total. The zero-order valence-corrected chi connectivity index (χ0v) is 70.2. The van der Waals surface area contributed by atoms with Gasteiger partial charge in [0.1, 0.15) is 47.5 Å². The lowest BCUT2D eigenvalue weighted by molar-refractivity contribution is 0.629. The topological polar surface area (TPSA) is 254 Å². The van der Waals surface area contributed by atoms with E-state index in [1.807, 2.05) is 334 Å². The van der Waals surface area contributed by atoms with Crippen molar-refractivity contribution in [2.75, 3.05) is 0 Å². The number of aromatic nitrogens is 11. The smallest absolute Gasteiger partial charge is 0.224 e. The second kappa shape index (κ2) is 41.0. The van der Waals surface area contributed by atoms with Crippen LogP contribution in [0.3, 0.4) is 0 Å². The number of hydrogen-bond acceptors (Lipinski definition) is 15.